The molecule has 1 aromatic carbocycles. The zero-order valence-corrected chi connectivity index (χ0v) is 17.6. The fourth-order valence-electron chi connectivity index (χ4n) is 1.36. The summed E-state index contributed by atoms with van der Waals surface area (Å²) in [6, 6.07) is 7.09. The Hall–Kier alpha value is 1.43. The summed E-state index contributed by atoms with van der Waals surface area (Å²) in [7, 11) is 0. The summed E-state index contributed by atoms with van der Waals surface area (Å²) in [6.45, 7) is 3.04. The van der Waals surface area contributed by atoms with E-state index < -0.39 is 11.9 Å². The molecule has 0 aliphatic heterocycles. The molecule has 6 heteroatoms. The number of carboxylic acids is 1. The minimum atomic E-state index is -1.05. The van der Waals surface area contributed by atoms with Gasteiger partial charge in [0.25, 0.3) is 0 Å². The molecule has 1 aromatic rings. The van der Waals surface area contributed by atoms with Crippen LogP contribution in [-0.2, 0) is 16.0 Å². The van der Waals surface area contributed by atoms with Gasteiger partial charge >= 0.3 is 103 Å². The Morgan fingerprint density at radius 1 is 1.22 bits per heavy atom. The smallest absolute Gasteiger partial charge is 0.550 e. The third-order valence-electron chi connectivity index (χ3n) is 2.22. The van der Waals surface area contributed by atoms with Crippen LogP contribution in [0.1, 0.15) is 19.4 Å². The van der Waals surface area contributed by atoms with E-state index in [1.807, 2.05) is 0 Å². The molecule has 1 N–H and O–H groups in total. The van der Waals surface area contributed by atoms with Gasteiger partial charge in [0.1, 0.15) is 0 Å². The van der Waals surface area contributed by atoms with E-state index in [-0.39, 0.29) is 109 Å². The van der Waals surface area contributed by atoms with Crippen molar-refractivity contribution in [2.45, 2.75) is 20.3 Å². The third kappa shape index (κ3) is 8.57. The molecule has 86 valence electrons. The topological polar surface area (TPSA) is 69.2 Å². The number of carboxylic acid groups (broad SMARTS) is 1. The summed E-state index contributed by atoms with van der Waals surface area (Å²) in [6.07, 6.45) is 0.433. The average molecular weight is 298 g/mol. The van der Waals surface area contributed by atoms with Gasteiger partial charge in [-0.1, -0.05) is 19.1 Å². The number of carbonyl (C=O) groups is 2. The Morgan fingerprint density at radius 3 is 2.11 bits per heavy atom. The van der Waals surface area contributed by atoms with Crippen molar-refractivity contribution in [3.63, 3.8) is 0 Å². The zero-order chi connectivity index (χ0) is 12.1. The number of rotatable bonds is 4. The van der Waals surface area contributed by atoms with Crippen molar-refractivity contribution >= 4 is 17.6 Å². The molecule has 0 bridgehead atoms. The van der Waals surface area contributed by atoms with Crippen molar-refractivity contribution in [3.8, 4) is 0 Å². The molecule has 1 unspecified atom stereocenters. The summed E-state index contributed by atoms with van der Waals surface area (Å²) in [5, 5.41) is 13.2. The van der Waals surface area contributed by atoms with Crippen molar-refractivity contribution < 1.29 is 117 Å². The fourth-order valence-corrected chi connectivity index (χ4v) is 1.36. The van der Waals surface area contributed by atoms with Crippen molar-refractivity contribution in [2.24, 2.45) is 5.92 Å². The molecule has 1 atom stereocenters. The van der Waals surface area contributed by atoms with Gasteiger partial charge in [0.05, 0.1) is 0 Å². The monoisotopic (exact) mass is 298 g/mol. The van der Waals surface area contributed by atoms with Gasteiger partial charge in [-0.3, -0.25) is 4.79 Å². The third-order valence-corrected chi connectivity index (χ3v) is 2.22. The number of hydrogen-bond acceptors (Lipinski definition) is 3. The standard InChI is InChI=1S/C12H15NO3.2K/c1-8(12(15)16)7-10-3-5-11(6-4-10)13-9(2)14;;/h3-6,8H,7H2,1-2H3,(H,13,14)(H,15,16);;/q;2*+1/p-1. The van der Waals surface area contributed by atoms with Crippen LogP contribution in [0.5, 0.6) is 0 Å². The van der Waals surface area contributed by atoms with E-state index in [0.29, 0.717) is 12.1 Å². The summed E-state index contributed by atoms with van der Waals surface area (Å²) >= 11 is 0. The minimum absolute atomic E-state index is 0. The first-order chi connectivity index (χ1) is 7.49. The number of amides is 1. The molecular formula is C12H14K2NO3+. The molecule has 0 saturated heterocycles. The second-order valence-corrected chi connectivity index (χ2v) is 3.80. The molecule has 0 spiro atoms. The van der Waals surface area contributed by atoms with Gasteiger partial charge in [0, 0.05) is 18.6 Å². The maximum atomic E-state index is 10.8. The first-order valence-corrected chi connectivity index (χ1v) is 5.06. The largest absolute Gasteiger partial charge is 1.00 e. The van der Waals surface area contributed by atoms with Crippen molar-refractivity contribution in [1.82, 2.24) is 0 Å². The maximum Gasteiger partial charge on any atom is 1.00 e. The van der Waals surface area contributed by atoms with E-state index in [9.17, 15) is 14.7 Å². The number of hydrogen-bond donors (Lipinski definition) is 1. The number of anilines is 1. The maximum absolute atomic E-state index is 10.8. The van der Waals surface area contributed by atoms with E-state index in [2.05, 4.69) is 5.32 Å². The summed E-state index contributed by atoms with van der Waals surface area (Å²) in [5.41, 5.74) is 1.61. The molecule has 1 amide bonds. The number of nitrogens with one attached hydrogen (secondary N) is 1. The van der Waals surface area contributed by atoms with E-state index in [0.717, 1.165) is 5.56 Å². The first kappa shape index (κ1) is 21.7. The average Bonchev–Trinajstić information content (AvgIpc) is 2.20. The Bertz CT molecular complexity index is 393. The van der Waals surface area contributed by atoms with Gasteiger partial charge in [-0.05, 0) is 30.0 Å². The number of carbonyl (C=O) groups excluding carboxylic acids is 2. The predicted molar refractivity (Wildman–Crippen MR) is 58.6 cm³/mol. The number of aliphatic carboxylic acids is 1. The second-order valence-electron chi connectivity index (χ2n) is 3.80. The first-order valence-electron chi connectivity index (χ1n) is 5.06. The van der Waals surface area contributed by atoms with Gasteiger partial charge in [0.15, 0.2) is 0 Å². The quantitative estimate of drug-likeness (QED) is 0.564. The Morgan fingerprint density at radius 2 is 1.72 bits per heavy atom. The van der Waals surface area contributed by atoms with Gasteiger partial charge in [0.2, 0.25) is 5.91 Å². The summed E-state index contributed by atoms with van der Waals surface area (Å²) in [5.74, 6) is -1.69. The molecule has 18 heavy (non-hydrogen) atoms. The second kappa shape index (κ2) is 11.1. The normalized spacial score (nSPS) is 10.6. The molecule has 0 aliphatic rings. The Kier molecular flexibility index (Phi) is 13.4. The molecule has 0 aliphatic carbocycles. The summed E-state index contributed by atoms with van der Waals surface area (Å²) < 4.78 is 0. The fraction of sp³-hybridized carbons (Fsp3) is 0.333. The van der Waals surface area contributed by atoms with Gasteiger partial charge in [-0.2, -0.15) is 0 Å². The summed E-state index contributed by atoms with van der Waals surface area (Å²) in [4.78, 5) is 21.3. The molecule has 0 radical (unpaired) electrons. The predicted octanol–water partition coefficient (Wildman–Crippen LogP) is -5.42. The molecule has 0 saturated carbocycles. The molecule has 0 aromatic heterocycles. The SMILES string of the molecule is CC(=O)Nc1ccc(CC(C)C(=O)[O-])cc1.[K+].[K+]. The van der Waals surface area contributed by atoms with Crippen LogP contribution in [0.4, 0.5) is 5.69 Å². The molecule has 1 rings (SSSR count). The number of benzene rings is 1. The van der Waals surface area contributed by atoms with Gasteiger partial charge in [-0.25, -0.2) is 0 Å². The molecule has 4 nitrogen and oxygen atoms in total. The van der Waals surface area contributed by atoms with Crippen LogP contribution in [0, 0.1) is 5.92 Å². The van der Waals surface area contributed by atoms with Crippen LogP contribution in [0.25, 0.3) is 0 Å². The molecule has 0 fully saturated rings. The van der Waals surface area contributed by atoms with Crippen LogP contribution < -0.4 is 113 Å². The van der Waals surface area contributed by atoms with E-state index >= 15 is 0 Å². The molecule has 0 heterocycles. The van der Waals surface area contributed by atoms with E-state index in [1.165, 1.54) is 6.92 Å². The zero-order valence-electron chi connectivity index (χ0n) is 11.3. The van der Waals surface area contributed by atoms with Crippen molar-refractivity contribution in [2.75, 3.05) is 5.32 Å². The van der Waals surface area contributed by atoms with Crippen LogP contribution in [-0.4, -0.2) is 11.9 Å². The van der Waals surface area contributed by atoms with Crippen molar-refractivity contribution in [1.29, 1.82) is 0 Å². The van der Waals surface area contributed by atoms with Gasteiger partial charge < -0.3 is 15.2 Å². The Balaban J connectivity index is 0. The van der Waals surface area contributed by atoms with Crippen LogP contribution in [0.3, 0.4) is 0 Å². The van der Waals surface area contributed by atoms with Crippen LogP contribution >= 0.6 is 0 Å². The van der Waals surface area contributed by atoms with Crippen molar-refractivity contribution in [3.05, 3.63) is 29.8 Å². The molecular weight excluding hydrogens is 284 g/mol. The Labute approximate surface area is 192 Å². The van der Waals surface area contributed by atoms with E-state index in [4.69, 9.17) is 0 Å². The van der Waals surface area contributed by atoms with Gasteiger partial charge in [-0.15, -0.1) is 0 Å². The van der Waals surface area contributed by atoms with Crippen LogP contribution in [0.2, 0.25) is 0 Å². The van der Waals surface area contributed by atoms with Crippen LogP contribution in [0.15, 0.2) is 24.3 Å². The minimum Gasteiger partial charge on any atom is -0.550 e. The van der Waals surface area contributed by atoms with E-state index in [1.54, 1.807) is 31.2 Å².